The lowest BCUT2D eigenvalue weighted by Gasteiger charge is -2.28. The van der Waals surface area contributed by atoms with Crippen molar-refractivity contribution in [2.75, 3.05) is 6.54 Å². The molecule has 0 saturated heterocycles. The molecule has 4 nitrogen and oxygen atoms in total. The molecular weight excluding hydrogens is 252 g/mol. The van der Waals surface area contributed by atoms with Gasteiger partial charge in [-0.15, -0.1) is 0 Å². The van der Waals surface area contributed by atoms with Crippen LogP contribution in [0.1, 0.15) is 42.8 Å². The average molecular weight is 274 g/mol. The number of amides is 1. The van der Waals surface area contributed by atoms with Crippen molar-refractivity contribution in [1.29, 1.82) is 0 Å². The number of aryl methyl sites for hydroxylation is 1. The molecule has 2 rings (SSSR count). The molecule has 0 aliphatic carbocycles. The molecule has 1 amide bonds. The molecule has 0 saturated carbocycles. The number of hydrogen-bond donors (Lipinski definition) is 2. The fourth-order valence-corrected chi connectivity index (χ4v) is 2.26. The van der Waals surface area contributed by atoms with Crippen LogP contribution < -0.4 is 11.1 Å². The van der Waals surface area contributed by atoms with Crippen LogP contribution in [0.5, 0.6) is 0 Å². The van der Waals surface area contributed by atoms with Crippen molar-refractivity contribution in [3.05, 3.63) is 35.6 Å². The van der Waals surface area contributed by atoms with Gasteiger partial charge in [0.25, 0.3) is 5.91 Å². The minimum Gasteiger partial charge on any atom is -0.451 e. The highest BCUT2D eigenvalue weighted by Gasteiger charge is 2.25. The van der Waals surface area contributed by atoms with E-state index in [1.807, 2.05) is 39.0 Å². The Morgan fingerprint density at radius 2 is 2.15 bits per heavy atom. The minimum absolute atomic E-state index is 0.184. The maximum atomic E-state index is 12.3. The van der Waals surface area contributed by atoms with Crippen molar-refractivity contribution < 1.29 is 9.21 Å². The molecule has 1 unspecified atom stereocenters. The molecule has 0 fully saturated rings. The highest BCUT2D eigenvalue weighted by Crippen LogP contribution is 2.22. The monoisotopic (exact) mass is 274 g/mol. The molecule has 2 aromatic rings. The lowest BCUT2D eigenvalue weighted by molar-refractivity contribution is 0.0873. The van der Waals surface area contributed by atoms with E-state index in [4.69, 9.17) is 10.2 Å². The predicted molar refractivity (Wildman–Crippen MR) is 80.8 cm³/mol. The van der Waals surface area contributed by atoms with Gasteiger partial charge in [0, 0.05) is 10.9 Å². The van der Waals surface area contributed by atoms with Gasteiger partial charge >= 0.3 is 0 Å². The van der Waals surface area contributed by atoms with Gasteiger partial charge in [0.15, 0.2) is 5.76 Å². The third-order valence-corrected chi connectivity index (χ3v) is 3.79. The van der Waals surface area contributed by atoms with Crippen LogP contribution in [0.3, 0.4) is 0 Å². The summed E-state index contributed by atoms with van der Waals surface area (Å²) in [6.45, 7) is 6.61. The van der Waals surface area contributed by atoms with Crippen molar-refractivity contribution >= 4 is 16.9 Å². The third kappa shape index (κ3) is 3.02. The van der Waals surface area contributed by atoms with Crippen molar-refractivity contribution in [2.24, 2.45) is 5.73 Å². The van der Waals surface area contributed by atoms with Crippen molar-refractivity contribution in [1.82, 2.24) is 5.32 Å². The van der Waals surface area contributed by atoms with Crippen LogP contribution >= 0.6 is 0 Å². The summed E-state index contributed by atoms with van der Waals surface area (Å²) in [6, 6.07) is 7.66. The average Bonchev–Trinajstić information content (AvgIpc) is 2.82. The largest absolute Gasteiger partial charge is 0.451 e. The first kappa shape index (κ1) is 14.6. The summed E-state index contributed by atoms with van der Waals surface area (Å²) in [5, 5.41) is 3.97. The standard InChI is InChI=1S/C16H22N2O2/c1-4-16(3,7-8-17)18-15(19)14-10-12-9-11(2)5-6-13(12)20-14/h5-6,9-10H,4,7-8,17H2,1-3H3,(H,18,19). The van der Waals surface area contributed by atoms with Gasteiger partial charge in [-0.3, -0.25) is 4.79 Å². The van der Waals surface area contributed by atoms with Crippen LogP contribution in [-0.4, -0.2) is 18.0 Å². The molecule has 1 aromatic heterocycles. The molecule has 0 spiro atoms. The van der Waals surface area contributed by atoms with Crippen LogP contribution in [0.2, 0.25) is 0 Å². The van der Waals surface area contributed by atoms with Gasteiger partial charge in [-0.1, -0.05) is 18.6 Å². The van der Waals surface area contributed by atoms with Gasteiger partial charge in [0.2, 0.25) is 0 Å². The number of benzene rings is 1. The molecule has 0 aliphatic heterocycles. The maximum Gasteiger partial charge on any atom is 0.287 e. The van der Waals surface area contributed by atoms with E-state index in [0.29, 0.717) is 12.3 Å². The van der Waals surface area contributed by atoms with E-state index < -0.39 is 0 Å². The van der Waals surface area contributed by atoms with Gasteiger partial charge in [0.1, 0.15) is 5.58 Å². The van der Waals surface area contributed by atoms with E-state index in [2.05, 4.69) is 5.32 Å². The number of carbonyl (C=O) groups excluding carboxylic acids is 1. The summed E-state index contributed by atoms with van der Waals surface area (Å²) in [7, 11) is 0. The maximum absolute atomic E-state index is 12.3. The van der Waals surface area contributed by atoms with Crippen LogP contribution in [0, 0.1) is 6.92 Å². The van der Waals surface area contributed by atoms with Gasteiger partial charge in [0.05, 0.1) is 0 Å². The summed E-state index contributed by atoms with van der Waals surface area (Å²) in [6.07, 6.45) is 1.57. The highest BCUT2D eigenvalue weighted by molar-refractivity contribution is 5.96. The first-order chi connectivity index (χ1) is 9.47. The molecule has 1 aromatic carbocycles. The lowest BCUT2D eigenvalue weighted by Crippen LogP contribution is -2.46. The predicted octanol–water partition coefficient (Wildman–Crippen LogP) is 2.99. The number of nitrogens with two attached hydrogens (primary N) is 1. The minimum atomic E-state index is -0.291. The zero-order valence-electron chi connectivity index (χ0n) is 12.3. The smallest absolute Gasteiger partial charge is 0.287 e. The van der Waals surface area contributed by atoms with Gasteiger partial charge in [-0.05, 0) is 51.4 Å². The van der Waals surface area contributed by atoms with E-state index in [1.165, 1.54) is 0 Å². The molecule has 1 heterocycles. The molecule has 4 heteroatoms. The van der Waals surface area contributed by atoms with Crippen LogP contribution in [-0.2, 0) is 0 Å². The van der Waals surface area contributed by atoms with Crippen LogP contribution in [0.4, 0.5) is 0 Å². The number of furan rings is 1. The molecule has 0 aliphatic rings. The SMILES string of the molecule is CCC(C)(CCN)NC(=O)c1cc2cc(C)ccc2o1. The van der Waals surface area contributed by atoms with Crippen molar-refractivity contribution in [2.45, 2.75) is 39.2 Å². The number of rotatable bonds is 5. The molecule has 0 bridgehead atoms. The quantitative estimate of drug-likeness (QED) is 0.880. The zero-order chi connectivity index (χ0) is 14.8. The first-order valence-corrected chi connectivity index (χ1v) is 7.00. The molecule has 3 N–H and O–H groups in total. The Hall–Kier alpha value is -1.81. The number of carbonyl (C=O) groups is 1. The van der Waals surface area contributed by atoms with E-state index in [1.54, 1.807) is 6.07 Å². The second-order valence-corrected chi connectivity index (χ2v) is 5.56. The number of nitrogens with one attached hydrogen (secondary N) is 1. The molecular formula is C16H22N2O2. The second kappa shape index (κ2) is 5.67. The lowest BCUT2D eigenvalue weighted by atomic mass is 9.94. The highest BCUT2D eigenvalue weighted by atomic mass is 16.3. The summed E-state index contributed by atoms with van der Waals surface area (Å²) in [4.78, 5) is 12.3. The van der Waals surface area contributed by atoms with Gasteiger partial charge in [-0.25, -0.2) is 0 Å². The number of hydrogen-bond acceptors (Lipinski definition) is 3. The fraction of sp³-hybridized carbons (Fsp3) is 0.438. The summed E-state index contributed by atoms with van der Waals surface area (Å²) in [5.41, 5.74) is 7.20. The Bertz CT molecular complexity index is 618. The normalized spacial score (nSPS) is 14.2. The van der Waals surface area contributed by atoms with E-state index in [9.17, 15) is 4.79 Å². The first-order valence-electron chi connectivity index (χ1n) is 7.00. The van der Waals surface area contributed by atoms with Crippen LogP contribution in [0.25, 0.3) is 11.0 Å². The van der Waals surface area contributed by atoms with E-state index >= 15 is 0 Å². The summed E-state index contributed by atoms with van der Waals surface area (Å²) < 4.78 is 5.61. The summed E-state index contributed by atoms with van der Waals surface area (Å²) >= 11 is 0. The Balaban J connectivity index is 2.22. The molecule has 20 heavy (non-hydrogen) atoms. The van der Waals surface area contributed by atoms with Gasteiger partial charge in [-0.2, -0.15) is 0 Å². The van der Waals surface area contributed by atoms with Crippen molar-refractivity contribution in [3.63, 3.8) is 0 Å². The van der Waals surface area contributed by atoms with E-state index in [0.717, 1.165) is 29.4 Å². The topological polar surface area (TPSA) is 68.3 Å². The Kier molecular flexibility index (Phi) is 4.14. The van der Waals surface area contributed by atoms with Crippen LogP contribution in [0.15, 0.2) is 28.7 Å². The zero-order valence-corrected chi connectivity index (χ0v) is 12.3. The fourth-order valence-electron chi connectivity index (χ4n) is 2.26. The van der Waals surface area contributed by atoms with E-state index in [-0.39, 0.29) is 11.4 Å². The second-order valence-electron chi connectivity index (χ2n) is 5.56. The molecule has 0 radical (unpaired) electrons. The summed E-state index contributed by atoms with van der Waals surface area (Å²) in [5.74, 6) is 0.166. The Labute approximate surface area is 119 Å². The van der Waals surface area contributed by atoms with Crippen molar-refractivity contribution in [3.8, 4) is 0 Å². The Morgan fingerprint density at radius 3 is 2.80 bits per heavy atom. The third-order valence-electron chi connectivity index (χ3n) is 3.79. The number of fused-ring (bicyclic) bond motifs is 1. The Morgan fingerprint density at radius 1 is 1.40 bits per heavy atom. The van der Waals surface area contributed by atoms with Gasteiger partial charge < -0.3 is 15.5 Å². The molecule has 1 atom stereocenters. The molecule has 108 valence electrons.